The van der Waals surface area contributed by atoms with Crippen molar-refractivity contribution in [1.82, 2.24) is 9.55 Å². The number of rotatable bonds is 3. The van der Waals surface area contributed by atoms with E-state index in [4.69, 9.17) is 10.7 Å². The van der Waals surface area contributed by atoms with Crippen molar-refractivity contribution in [2.45, 2.75) is 29.3 Å². The van der Waals surface area contributed by atoms with Gasteiger partial charge in [0.05, 0.1) is 0 Å². The molecule has 2 aromatic rings. The van der Waals surface area contributed by atoms with Gasteiger partial charge in [-0.05, 0) is 18.6 Å². The Morgan fingerprint density at radius 3 is 2.90 bits per heavy atom. The first-order chi connectivity index (χ1) is 9.45. The lowest BCUT2D eigenvalue weighted by Gasteiger charge is -2.12. The topological polar surface area (TPSA) is 52.0 Å². The van der Waals surface area contributed by atoms with Gasteiger partial charge in [-0.3, -0.25) is 0 Å². The molecule has 1 aromatic carbocycles. The lowest BCUT2D eigenvalue weighted by Crippen LogP contribution is -2.09. The molecule has 3 rings (SSSR count). The number of aromatic nitrogens is 2. The second kappa shape index (κ2) is 5.09. The van der Waals surface area contributed by atoms with Crippen molar-refractivity contribution in [1.29, 1.82) is 0 Å². The molecule has 0 saturated carbocycles. The largest absolute Gasteiger partial charge is 0.333 e. The van der Waals surface area contributed by atoms with Crippen molar-refractivity contribution < 1.29 is 8.42 Å². The van der Waals surface area contributed by atoms with Gasteiger partial charge in [-0.1, -0.05) is 18.2 Å². The third kappa shape index (κ3) is 2.60. The fraction of sp³-hybridized carbons (Fsp3) is 0.308. The summed E-state index contributed by atoms with van der Waals surface area (Å²) in [4.78, 5) is 5.32. The minimum Gasteiger partial charge on any atom is -0.333 e. The van der Waals surface area contributed by atoms with E-state index in [0.29, 0.717) is 11.7 Å². The number of hydrogen-bond acceptors (Lipinski definition) is 4. The summed E-state index contributed by atoms with van der Waals surface area (Å²) in [7, 11) is 1.57. The zero-order valence-corrected chi connectivity index (χ0v) is 13.2. The summed E-state index contributed by atoms with van der Waals surface area (Å²) in [5.41, 5.74) is 1.32. The minimum atomic E-state index is -3.76. The number of fused-ring (bicyclic) bond motifs is 1. The maximum absolute atomic E-state index is 11.3. The molecule has 0 bridgehead atoms. The summed E-state index contributed by atoms with van der Waals surface area (Å²) >= 11 is 1.84. The van der Waals surface area contributed by atoms with Crippen LogP contribution in [0.3, 0.4) is 0 Å². The fourth-order valence-corrected chi connectivity index (χ4v) is 4.36. The Labute approximate surface area is 126 Å². The number of aryl methyl sites for hydroxylation is 1. The first-order valence-electron chi connectivity index (χ1n) is 6.15. The van der Waals surface area contributed by atoms with E-state index >= 15 is 0 Å². The second-order valence-electron chi connectivity index (χ2n) is 4.76. The molecule has 0 spiro atoms. The van der Waals surface area contributed by atoms with Crippen LogP contribution in [0, 0.1) is 6.92 Å². The van der Waals surface area contributed by atoms with Crippen LogP contribution < -0.4 is 0 Å². The Balaban J connectivity index is 1.88. The first kappa shape index (κ1) is 14.0. The molecule has 1 aromatic heterocycles. The highest BCUT2D eigenvalue weighted by Crippen LogP contribution is 2.40. The van der Waals surface area contributed by atoms with Gasteiger partial charge in [0.25, 0.3) is 9.05 Å². The average molecular weight is 329 g/mol. The van der Waals surface area contributed by atoms with Crippen LogP contribution in [0.2, 0.25) is 0 Å². The van der Waals surface area contributed by atoms with Gasteiger partial charge < -0.3 is 4.57 Å². The molecular formula is C13H13ClN2O2S2. The summed E-state index contributed by atoms with van der Waals surface area (Å²) < 4.78 is 24.5. The summed E-state index contributed by atoms with van der Waals surface area (Å²) in [6.45, 7) is 2.51. The van der Waals surface area contributed by atoms with Gasteiger partial charge in [0.2, 0.25) is 0 Å². The highest BCUT2D eigenvalue weighted by molar-refractivity contribution is 8.13. The van der Waals surface area contributed by atoms with Crippen LogP contribution in [-0.2, 0) is 15.6 Å². The van der Waals surface area contributed by atoms with Gasteiger partial charge in [-0.25, -0.2) is 13.4 Å². The Kier molecular flexibility index (Phi) is 3.56. The van der Waals surface area contributed by atoms with Gasteiger partial charge in [0.15, 0.2) is 5.03 Å². The van der Waals surface area contributed by atoms with Crippen molar-refractivity contribution in [2.75, 3.05) is 5.75 Å². The van der Waals surface area contributed by atoms with Crippen molar-refractivity contribution in [3.63, 3.8) is 0 Å². The summed E-state index contributed by atoms with van der Waals surface area (Å²) in [6.07, 6.45) is 1.52. The number of halogens is 1. The molecule has 106 valence electrons. The third-order valence-corrected chi connectivity index (χ3v) is 5.84. The van der Waals surface area contributed by atoms with E-state index in [-0.39, 0.29) is 5.03 Å². The van der Waals surface area contributed by atoms with E-state index in [9.17, 15) is 8.42 Å². The van der Waals surface area contributed by atoms with E-state index in [1.54, 1.807) is 6.92 Å². The molecule has 0 aliphatic carbocycles. The number of nitrogens with zero attached hydrogens (tertiary/aromatic N) is 2. The van der Waals surface area contributed by atoms with Crippen molar-refractivity contribution in [3.05, 3.63) is 41.9 Å². The molecule has 1 aliphatic heterocycles. The van der Waals surface area contributed by atoms with E-state index in [2.05, 4.69) is 17.1 Å². The van der Waals surface area contributed by atoms with Gasteiger partial charge in [-0.2, -0.15) is 0 Å². The first-order valence-corrected chi connectivity index (χ1v) is 9.45. The van der Waals surface area contributed by atoms with Gasteiger partial charge in [0.1, 0.15) is 5.82 Å². The van der Waals surface area contributed by atoms with Crippen LogP contribution in [0.4, 0.5) is 0 Å². The second-order valence-corrected chi connectivity index (χ2v) is 8.34. The van der Waals surface area contributed by atoms with Gasteiger partial charge in [-0.15, -0.1) is 11.8 Å². The zero-order valence-electron chi connectivity index (χ0n) is 10.8. The summed E-state index contributed by atoms with van der Waals surface area (Å²) in [6, 6.07) is 8.32. The quantitative estimate of drug-likeness (QED) is 0.813. The summed E-state index contributed by atoms with van der Waals surface area (Å²) in [5.74, 6) is 2.04. The number of thioether (sulfide) groups is 1. The Morgan fingerprint density at radius 2 is 2.20 bits per heavy atom. The predicted molar refractivity (Wildman–Crippen MR) is 79.9 cm³/mol. The zero-order chi connectivity index (χ0) is 14.3. The lowest BCUT2D eigenvalue weighted by molar-refractivity contribution is 0.589. The lowest BCUT2D eigenvalue weighted by atomic mass is 10.0. The standard InChI is InChI=1S/C13H13ClN2O2S2/c1-9-15-13(20(14,17)18)7-16(9)6-10-8-19-12-5-3-2-4-11(10)12/h2-5,7,10H,6,8H2,1H3. The molecule has 0 N–H and O–H groups in total. The molecule has 0 fully saturated rings. The van der Waals surface area contributed by atoms with Crippen LogP contribution in [0.15, 0.2) is 40.4 Å². The van der Waals surface area contributed by atoms with E-state index in [1.165, 1.54) is 16.7 Å². The van der Waals surface area contributed by atoms with Crippen LogP contribution in [0.25, 0.3) is 0 Å². The van der Waals surface area contributed by atoms with Gasteiger partial charge in [0, 0.05) is 40.0 Å². The molecule has 4 nitrogen and oxygen atoms in total. The van der Waals surface area contributed by atoms with E-state index < -0.39 is 9.05 Å². The highest BCUT2D eigenvalue weighted by Gasteiger charge is 2.24. The maximum atomic E-state index is 11.3. The molecule has 1 unspecified atom stereocenters. The SMILES string of the molecule is Cc1nc(S(=O)(=O)Cl)cn1CC1CSc2ccccc21. The normalized spacial score (nSPS) is 18.2. The van der Waals surface area contributed by atoms with Crippen molar-refractivity contribution in [3.8, 4) is 0 Å². The van der Waals surface area contributed by atoms with Crippen LogP contribution in [0.1, 0.15) is 17.3 Å². The smallest absolute Gasteiger partial charge is 0.280 e. The fourth-order valence-electron chi connectivity index (χ4n) is 2.40. The number of benzene rings is 1. The Bertz CT molecular complexity index is 755. The van der Waals surface area contributed by atoms with E-state index in [0.717, 1.165) is 12.3 Å². The monoisotopic (exact) mass is 328 g/mol. The summed E-state index contributed by atoms with van der Waals surface area (Å²) in [5, 5.41) is -0.0735. The predicted octanol–water partition coefficient (Wildman–Crippen LogP) is 3.01. The molecule has 0 saturated heterocycles. The molecule has 1 atom stereocenters. The molecule has 2 heterocycles. The average Bonchev–Trinajstić information content (AvgIpc) is 2.95. The van der Waals surface area contributed by atoms with Crippen molar-refractivity contribution >= 4 is 31.5 Å². The molecule has 20 heavy (non-hydrogen) atoms. The van der Waals surface area contributed by atoms with Crippen LogP contribution in [-0.4, -0.2) is 23.7 Å². The highest BCUT2D eigenvalue weighted by atomic mass is 35.7. The molecule has 7 heteroatoms. The Hall–Kier alpha value is -0.980. The number of imidazole rings is 1. The van der Waals surface area contributed by atoms with Crippen molar-refractivity contribution in [2.24, 2.45) is 0 Å². The van der Waals surface area contributed by atoms with Crippen LogP contribution in [0.5, 0.6) is 0 Å². The molecular weight excluding hydrogens is 316 g/mol. The minimum absolute atomic E-state index is 0.0735. The van der Waals surface area contributed by atoms with Crippen LogP contribution >= 0.6 is 22.4 Å². The van der Waals surface area contributed by atoms with Gasteiger partial charge >= 0.3 is 0 Å². The maximum Gasteiger partial charge on any atom is 0.280 e. The third-order valence-electron chi connectivity index (χ3n) is 3.42. The molecule has 1 aliphatic rings. The number of hydrogen-bond donors (Lipinski definition) is 0. The Morgan fingerprint density at radius 1 is 1.45 bits per heavy atom. The van der Waals surface area contributed by atoms with E-state index in [1.807, 2.05) is 28.5 Å². The molecule has 0 radical (unpaired) electrons. The molecule has 0 amide bonds.